The summed E-state index contributed by atoms with van der Waals surface area (Å²) < 4.78 is 0. The first-order chi connectivity index (χ1) is 9.56. The summed E-state index contributed by atoms with van der Waals surface area (Å²) in [6, 6.07) is 7.45. The lowest BCUT2D eigenvalue weighted by molar-refractivity contribution is -0.118. The third-order valence-corrected chi connectivity index (χ3v) is 4.33. The third kappa shape index (κ3) is 4.22. The molecular formula is C16H23ClN2O. The zero-order chi connectivity index (χ0) is 14.5. The highest BCUT2D eigenvalue weighted by Crippen LogP contribution is 2.24. The molecule has 1 aliphatic rings. The van der Waals surface area contributed by atoms with Crippen LogP contribution >= 0.6 is 11.6 Å². The van der Waals surface area contributed by atoms with E-state index in [0.29, 0.717) is 17.0 Å². The Kier molecular flexibility index (Phi) is 5.44. The second-order valence-corrected chi connectivity index (χ2v) is 6.19. The fourth-order valence-electron chi connectivity index (χ4n) is 2.74. The van der Waals surface area contributed by atoms with E-state index >= 15 is 0 Å². The molecule has 1 aromatic rings. The summed E-state index contributed by atoms with van der Waals surface area (Å²) in [5.74, 6) is 0.652. The molecule has 4 heteroatoms. The Hall–Kier alpha value is -1.06. The summed E-state index contributed by atoms with van der Waals surface area (Å²) in [6.45, 7) is 4.19. The molecule has 1 saturated carbocycles. The van der Waals surface area contributed by atoms with Crippen LogP contribution in [0.4, 0.5) is 5.69 Å². The lowest BCUT2D eigenvalue weighted by Crippen LogP contribution is -2.47. The molecule has 0 heterocycles. The Morgan fingerprint density at radius 2 is 1.90 bits per heavy atom. The van der Waals surface area contributed by atoms with E-state index in [2.05, 4.69) is 17.6 Å². The molecule has 2 N–H and O–H groups in total. The fraction of sp³-hybridized carbons (Fsp3) is 0.562. The van der Waals surface area contributed by atoms with Crippen molar-refractivity contribution >= 4 is 23.2 Å². The van der Waals surface area contributed by atoms with Gasteiger partial charge in [0, 0.05) is 16.8 Å². The number of benzene rings is 1. The van der Waals surface area contributed by atoms with Gasteiger partial charge >= 0.3 is 0 Å². The van der Waals surface area contributed by atoms with E-state index in [9.17, 15) is 4.79 Å². The van der Waals surface area contributed by atoms with E-state index in [4.69, 9.17) is 11.6 Å². The van der Waals surface area contributed by atoms with Gasteiger partial charge < -0.3 is 10.6 Å². The van der Waals surface area contributed by atoms with Crippen LogP contribution in [0.3, 0.4) is 0 Å². The van der Waals surface area contributed by atoms with Crippen molar-refractivity contribution in [2.75, 3.05) is 5.32 Å². The van der Waals surface area contributed by atoms with Crippen molar-refractivity contribution in [1.82, 2.24) is 5.32 Å². The molecular weight excluding hydrogens is 272 g/mol. The number of nitrogens with one attached hydrogen (secondary N) is 2. The average Bonchev–Trinajstić information content (AvgIpc) is 2.44. The Morgan fingerprint density at radius 1 is 1.25 bits per heavy atom. The van der Waals surface area contributed by atoms with E-state index in [-0.39, 0.29) is 11.9 Å². The summed E-state index contributed by atoms with van der Waals surface area (Å²) in [7, 11) is 0. The molecule has 0 spiro atoms. The molecule has 20 heavy (non-hydrogen) atoms. The second kappa shape index (κ2) is 7.09. The number of amides is 1. The monoisotopic (exact) mass is 294 g/mol. The van der Waals surface area contributed by atoms with Crippen molar-refractivity contribution in [2.45, 2.75) is 51.6 Å². The van der Waals surface area contributed by atoms with E-state index < -0.39 is 0 Å². The zero-order valence-corrected chi connectivity index (χ0v) is 12.9. The molecule has 1 aliphatic carbocycles. The van der Waals surface area contributed by atoms with Gasteiger partial charge in [-0.25, -0.2) is 0 Å². The Balaban J connectivity index is 1.86. The molecule has 3 atom stereocenters. The first-order valence-electron chi connectivity index (χ1n) is 7.39. The molecule has 2 rings (SSSR count). The van der Waals surface area contributed by atoms with E-state index in [0.717, 1.165) is 5.69 Å². The number of halogens is 1. The van der Waals surface area contributed by atoms with Gasteiger partial charge in [-0.05, 0) is 49.9 Å². The highest BCUT2D eigenvalue weighted by atomic mass is 35.5. The minimum Gasteiger partial charge on any atom is -0.325 e. The smallest absolute Gasteiger partial charge is 0.241 e. The Labute approximate surface area is 126 Å². The van der Waals surface area contributed by atoms with Crippen LogP contribution < -0.4 is 10.6 Å². The molecule has 1 aromatic carbocycles. The summed E-state index contributed by atoms with van der Waals surface area (Å²) in [5, 5.41) is 7.05. The number of rotatable bonds is 4. The molecule has 0 aromatic heterocycles. The molecule has 0 saturated heterocycles. The van der Waals surface area contributed by atoms with Gasteiger partial charge in [-0.2, -0.15) is 0 Å². The average molecular weight is 295 g/mol. The number of hydrogen-bond donors (Lipinski definition) is 2. The summed E-state index contributed by atoms with van der Waals surface area (Å²) in [4.78, 5) is 12.2. The van der Waals surface area contributed by atoms with Gasteiger partial charge in [0.05, 0.1) is 6.04 Å². The van der Waals surface area contributed by atoms with Gasteiger partial charge in [0.2, 0.25) is 5.91 Å². The normalized spacial score (nSPS) is 24.1. The lowest BCUT2D eigenvalue weighted by atomic mass is 9.85. The topological polar surface area (TPSA) is 41.1 Å². The number of carbonyl (C=O) groups excluding carboxylic acids is 1. The van der Waals surface area contributed by atoms with Crippen LogP contribution in [0.25, 0.3) is 0 Å². The molecule has 1 fully saturated rings. The van der Waals surface area contributed by atoms with Crippen LogP contribution in [-0.4, -0.2) is 18.0 Å². The first-order valence-corrected chi connectivity index (χ1v) is 7.76. The van der Waals surface area contributed by atoms with Crippen LogP contribution in [0.15, 0.2) is 24.3 Å². The summed E-state index contributed by atoms with van der Waals surface area (Å²) in [6.07, 6.45) is 4.99. The van der Waals surface area contributed by atoms with E-state index in [1.165, 1.54) is 25.7 Å². The molecule has 0 radical (unpaired) electrons. The summed E-state index contributed by atoms with van der Waals surface area (Å²) >= 11 is 5.83. The quantitative estimate of drug-likeness (QED) is 0.886. The molecule has 3 nitrogen and oxygen atoms in total. The highest BCUT2D eigenvalue weighted by Gasteiger charge is 2.24. The predicted octanol–water partition coefficient (Wildman–Crippen LogP) is 3.84. The highest BCUT2D eigenvalue weighted by molar-refractivity contribution is 6.30. The molecule has 0 unspecified atom stereocenters. The van der Waals surface area contributed by atoms with E-state index in [1.54, 1.807) is 12.1 Å². The van der Waals surface area contributed by atoms with Gasteiger partial charge in [0.25, 0.3) is 0 Å². The minimum absolute atomic E-state index is 0.00472. The molecule has 0 aliphatic heterocycles. The van der Waals surface area contributed by atoms with Gasteiger partial charge in [-0.1, -0.05) is 31.4 Å². The predicted molar refractivity (Wildman–Crippen MR) is 84.1 cm³/mol. The van der Waals surface area contributed by atoms with Crippen molar-refractivity contribution in [1.29, 1.82) is 0 Å². The van der Waals surface area contributed by atoms with Gasteiger partial charge in [0.15, 0.2) is 0 Å². The first kappa shape index (κ1) is 15.3. The van der Waals surface area contributed by atoms with Crippen LogP contribution in [0.5, 0.6) is 0 Å². The van der Waals surface area contributed by atoms with Crippen molar-refractivity contribution in [3.05, 3.63) is 29.3 Å². The Bertz CT molecular complexity index is 446. The fourth-order valence-corrected chi connectivity index (χ4v) is 2.87. The zero-order valence-electron chi connectivity index (χ0n) is 12.2. The third-order valence-electron chi connectivity index (χ3n) is 4.08. The Morgan fingerprint density at radius 3 is 2.55 bits per heavy atom. The van der Waals surface area contributed by atoms with Crippen LogP contribution in [0.2, 0.25) is 5.02 Å². The van der Waals surface area contributed by atoms with Crippen molar-refractivity contribution in [3.8, 4) is 0 Å². The molecule has 1 amide bonds. The standard InChI is InChI=1S/C16H23ClN2O/c1-11-5-3-4-6-15(11)18-12(2)16(20)19-14-9-7-13(17)8-10-14/h7-12,15,18H,3-6H2,1-2H3,(H,19,20)/t11-,12+,15+/m1/s1. The number of carbonyl (C=O) groups is 1. The maximum atomic E-state index is 12.2. The van der Waals surface area contributed by atoms with Crippen molar-refractivity contribution in [2.24, 2.45) is 5.92 Å². The van der Waals surface area contributed by atoms with Crippen molar-refractivity contribution < 1.29 is 4.79 Å². The largest absolute Gasteiger partial charge is 0.325 e. The summed E-state index contributed by atoms with van der Waals surface area (Å²) in [5.41, 5.74) is 0.782. The van der Waals surface area contributed by atoms with Gasteiger partial charge in [-0.3, -0.25) is 4.79 Å². The molecule has 0 bridgehead atoms. The maximum Gasteiger partial charge on any atom is 0.241 e. The number of hydrogen-bond acceptors (Lipinski definition) is 2. The van der Waals surface area contributed by atoms with Crippen LogP contribution in [0.1, 0.15) is 39.5 Å². The second-order valence-electron chi connectivity index (χ2n) is 5.75. The van der Waals surface area contributed by atoms with Crippen LogP contribution in [-0.2, 0) is 4.79 Å². The lowest BCUT2D eigenvalue weighted by Gasteiger charge is -2.31. The SMILES string of the molecule is C[C@H](N[C@H]1CCCC[C@H]1C)C(=O)Nc1ccc(Cl)cc1. The van der Waals surface area contributed by atoms with Crippen molar-refractivity contribution in [3.63, 3.8) is 0 Å². The van der Waals surface area contributed by atoms with Gasteiger partial charge in [0.1, 0.15) is 0 Å². The van der Waals surface area contributed by atoms with Crippen LogP contribution in [0, 0.1) is 5.92 Å². The minimum atomic E-state index is -0.184. The maximum absolute atomic E-state index is 12.2. The number of anilines is 1. The molecule has 110 valence electrons. The van der Waals surface area contributed by atoms with Gasteiger partial charge in [-0.15, -0.1) is 0 Å². The van der Waals surface area contributed by atoms with E-state index in [1.807, 2.05) is 19.1 Å².